The topological polar surface area (TPSA) is 148 Å². The Bertz CT molecular complexity index is 1570. The number of hydrogen-bond donors (Lipinski definition) is 0. The first-order valence-corrected chi connectivity index (χ1v) is 12.1. The molecule has 42 heavy (non-hydrogen) atoms. The first-order valence-electron chi connectivity index (χ1n) is 10.7. The Labute approximate surface area is 227 Å². The Morgan fingerprint density at radius 1 is 1.02 bits per heavy atom. The highest BCUT2D eigenvalue weighted by molar-refractivity contribution is 7.87. The monoisotopic (exact) mass is 636 g/mol. The minimum absolute atomic E-state index is 0.225. The van der Waals surface area contributed by atoms with E-state index in [1.807, 2.05) is 0 Å². The zero-order valence-corrected chi connectivity index (χ0v) is 20.9. The summed E-state index contributed by atoms with van der Waals surface area (Å²) in [5.74, 6) is -5.25. The van der Waals surface area contributed by atoms with Crippen LogP contribution in [0.4, 0.5) is 45.2 Å². The van der Waals surface area contributed by atoms with Gasteiger partial charge in [0.2, 0.25) is 17.2 Å². The van der Waals surface area contributed by atoms with Gasteiger partial charge in [0.05, 0.1) is 11.5 Å². The summed E-state index contributed by atoms with van der Waals surface area (Å²) in [4.78, 5) is 12.8. The summed E-state index contributed by atoms with van der Waals surface area (Å²) in [6.45, 7) is 2.47. The van der Waals surface area contributed by atoms with Gasteiger partial charge in [-0.25, -0.2) is 0 Å². The maximum absolute atomic E-state index is 14.4. The lowest BCUT2D eigenvalue weighted by Crippen LogP contribution is -2.45. The number of aromatic nitrogens is 3. The normalized spacial score (nSPS) is 14.3. The molecule has 228 valence electrons. The molecule has 3 rings (SSSR count). The van der Waals surface area contributed by atoms with Crippen molar-refractivity contribution >= 4 is 15.8 Å². The molecule has 0 saturated heterocycles. The molecular formula is C21H13F9N4O7S. The molecule has 1 aromatic carbocycles. The second kappa shape index (κ2) is 11.2. The van der Waals surface area contributed by atoms with E-state index in [0.29, 0.717) is 0 Å². The van der Waals surface area contributed by atoms with Gasteiger partial charge in [-0.3, -0.25) is 10.1 Å². The molecule has 21 heteroatoms. The van der Waals surface area contributed by atoms with Crippen molar-refractivity contribution in [3.8, 4) is 17.5 Å². The largest absolute Gasteiger partial charge is 0.534 e. The van der Waals surface area contributed by atoms with Gasteiger partial charge in [0.15, 0.2) is 0 Å². The minimum atomic E-state index is -6.82. The van der Waals surface area contributed by atoms with Crippen LogP contribution in [-0.2, 0) is 33.2 Å². The number of benzene rings is 1. The van der Waals surface area contributed by atoms with Crippen molar-refractivity contribution < 1.29 is 66.2 Å². The molecule has 3 aromatic rings. The van der Waals surface area contributed by atoms with E-state index in [9.17, 15) is 58.0 Å². The number of ether oxygens (including phenoxy) is 1. The quantitative estimate of drug-likeness (QED) is 0.0664. The number of halogens is 9. The number of rotatable bonds is 10. The third-order valence-corrected chi connectivity index (χ3v) is 6.08. The molecule has 0 aliphatic heterocycles. The fraction of sp³-hybridized carbons (Fsp3) is 0.286. The van der Waals surface area contributed by atoms with E-state index in [1.54, 1.807) is 6.07 Å². The van der Waals surface area contributed by atoms with Crippen molar-refractivity contribution in [2.45, 2.75) is 36.5 Å². The number of nitrogens with zero attached hydrogens (tertiary/aromatic N) is 4. The van der Waals surface area contributed by atoms with Crippen molar-refractivity contribution in [3.63, 3.8) is 0 Å². The van der Waals surface area contributed by atoms with Crippen molar-refractivity contribution in [3.05, 3.63) is 76.2 Å². The molecule has 0 fully saturated rings. The molecule has 1 unspecified atom stereocenters. The van der Waals surface area contributed by atoms with Crippen molar-refractivity contribution in [1.29, 1.82) is 0 Å². The zero-order valence-electron chi connectivity index (χ0n) is 20.1. The summed E-state index contributed by atoms with van der Waals surface area (Å²) in [5.41, 5.74) is -15.3. The summed E-state index contributed by atoms with van der Waals surface area (Å²) in [6.07, 6.45) is -11.5. The predicted molar refractivity (Wildman–Crippen MR) is 119 cm³/mol. The van der Waals surface area contributed by atoms with Crippen LogP contribution in [0.2, 0.25) is 0 Å². The van der Waals surface area contributed by atoms with Crippen LogP contribution in [0.25, 0.3) is 11.6 Å². The van der Waals surface area contributed by atoms with Gasteiger partial charge in [-0.2, -0.15) is 52.9 Å². The van der Waals surface area contributed by atoms with Gasteiger partial charge in [0.25, 0.3) is 11.8 Å². The highest BCUT2D eigenvalue weighted by Gasteiger charge is 2.61. The average Bonchev–Trinajstić information content (AvgIpc) is 3.35. The first kappa shape index (κ1) is 32.2. The molecule has 0 N–H and O–H groups in total. The molecule has 0 spiro atoms. The van der Waals surface area contributed by atoms with Crippen LogP contribution < -0.4 is 4.18 Å². The third kappa shape index (κ3) is 6.45. The Kier molecular flexibility index (Phi) is 8.59. The van der Waals surface area contributed by atoms with Crippen LogP contribution in [0, 0.1) is 10.1 Å². The van der Waals surface area contributed by atoms with Crippen LogP contribution in [0.3, 0.4) is 0 Å². The highest BCUT2D eigenvalue weighted by atomic mass is 32.2. The second-order valence-electron chi connectivity index (χ2n) is 7.95. The van der Waals surface area contributed by atoms with Crippen LogP contribution in [0.5, 0.6) is 5.88 Å². The molecule has 11 nitrogen and oxygen atoms in total. The van der Waals surface area contributed by atoms with Crippen LogP contribution >= 0.6 is 0 Å². The lowest BCUT2D eigenvalue weighted by atomic mass is 9.98. The molecule has 0 aliphatic carbocycles. The molecule has 0 bridgehead atoms. The van der Waals surface area contributed by atoms with E-state index < -0.39 is 92.2 Å². The van der Waals surface area contributed by atoms with Gasteiger partial charge >= 0.3 is 33.7 Å². The summed E-state index contributed by atoms with van der Waals surface area (Å²) in [5, 5.41) is 17.8. The van der Waals surface area contributed by atoms with Gasteiger partial charge in [-0.05, 0) is 5.56 Å². The summed E-state index contributed by atoms with van der Waals surface area (Å²) >= 11 is 0. The van der Waals surface area contributed by atoms with Crippen molar-refractivity contribution in [2.75, 3.05) is 0 Å². The van der Waals surface area contributed by atoms with Crippen LogP contribution in [-0.4, -0.2) is 40.2 Å². The van der Waals surface area contributed by atoms with E-state index >= 15 is 0 Å². The Balaban J connectivity index is 2.24. The molecule has 1 atom stereocenters. The van der Waals surface area contributed by atoms with Gasteiger partial charge in [0.1, 0.15) is 5.56 Å². The molecular weight excluding hydrogens is 623 g/mol. The number of alkyl halides is 9. The lowest BCUT2D eigenvalue weighted by Gasteiger charge is -2.31. The van der Waals surface area contributed by atoms with E-state index in [2.05, 4.69) is 25.9 Å². The average molecular weight is 636 g/mol. The fourth-order valence-electron chi connectivity index (χ4n) is 3.19. The Morgan fingerprint density at radius 3 is 2.14 bits per heavy atom. The van der Waals surface area contributed by atoms with E-state index in [0.717, 1.165) is 6.08 Å². The Morgan fingerprint density at radius 2 is 1.64 bits per heavy atom. The summed E-state index contributed by atoms with van der Waals surface area (Å²) in [6, 6.07) is 6.80. The smallest absolute Gasteiger partial charge is 0.415 e. The molecule has 2 heterocycles. The fourth-order valence-corrected chi connectivity index (χ4v) is 3.62. The van der Waals surface area contributed by atoms with Gasteiger partial charge in [0, 0.05) is 12.5 Å². The van der Waals surface area contributed by atoms with E-state index in [1.165, 1.54) is 24.3 Å². The highest BCUT2D eigenvalue weighted by Crippen LogP contribution is 2.47. The maximum Gasteiger partial charge on any atom is 0.534 e. The maximum atomic E-state index is 14.4. The van der Waals surface area contributed by atoms with Crippen LogP contribution in [0.1, 0.15) is 23.4 Å². The van der Waals surface area contributed by atoms with E-state index in [4.69, 9.17) is 9.15 Å². The predicted octanol–water partition coefficient (Wildman–Crippen LogP) is 5.84. The first-order chi connectivity index (χ1) is 19.2. The molecule has 0 aliphatic rings. The van der Waals surface area contributed by atoms with Crippen molar-refractivity contribution in [2.24, 2.45) is 0 Å². The van der Waals surface area contributed by atoms with E-state index in [-0.39, 0.29) is 5.56 Å². The molecule has 2 aromatic heterocycles. The zero-order chi connectivity index (χ0) is 31.7. The molecule has 0 amide bonds. The Hall–Kier alpha value is -4.27. The lowest BCUT2D eigenvalue weighted by molar-refractivity contribution is -0.384. The molecule has 0 radical (unpaired) electrons. The number of pyridine rings is 1. The standard InChI is InChI=1S/C21H13F9N4O7S/c1-2-8-18(20(25,26)27,39-10-11-6-4-3-5-7-11)17-33-32-16(40-17)14-13(34(35)36)9-12(19(22,23)24)15(31-14)41-42(37,38)21(28,29)30/h2-7,9H,1,8,10H2. The van der Waals surface area contributed by atoms with Gasteiger partial charge in [-0.15, -0.1) is 16.8 Å². The number of hydrogen-bond acceptors (Lipinski definition) is 10. The molecule has 0 saturated carbocycles. The third-order valence-electron chi connectivity index (χ3n) is 5.13. The minimum Gasteiger partial charge on any atom is -0.415 e. The van der Waals surface area contributed by atoms with Gasteiger partial charge < -0.3 is 13.3 Å². The van der Waals surface area contributed by atoms with Crippen LogP contribution in [0.15, 0.2) is 53.5 Å². The van der Waals surface area contributed by atoms with Gasteiger partial charge in [-0.1, -0.05) is 36.4 Å². The van der Waals surface area contributed by atoms with Crippen molar-refractivity contribution in [1.82, 2.24) is 15.2 Å². The summed E-state index contributed by atoms with van der Waals surface area (Å²) in [7, 11) is -6.82. The SMILES string of the molecule is C=CCC(OCc1ccccc1)(c1nnc(-c2nc(OS(=O)(=O)C(F)(F)F)c(C(F)(F)F)cc2[N+](=O)[O-])o1)C(F)(F)F. The summed E-state index contributed by atoms with van der Waals surface area (Å²) < 4.78 is 158. The second-order valence-corrected chi connectivity index (χ2v) is 9.49. The number of nitro groups is 1.